The zero-order valence-corrected chi connectivity index (χ0v) is 13.2. The topological polar surface area (TPSA) is 97.7 Å². The van der Waals surface area contributed by atoms with Crippen LogP contribution in [0.1, 0.15) is 10.5 Å². The van der Waals surface area contributed by atoms with Crippen molar-refractivity contribution in [2.75, 3.05) is 18.5 Å². The van der Waals surface area contributed by atoms with Gasteiger partial charge in [0, 0.05) is 23.3 Å². The van der Waals surface area contributed by atoms with E-state index < -0.39 is 5.67 Å². The number of amides is 1. The second kappa shape index (κ2) is 5.80. The Bertz CT molecular complexity index is 854. The van der Waals surface area contributed by atoms with Crippen LogP contribution in [-0.4, -0.2) is 49.8 Å². The average Bonchev–Trinajstić information content (AvgIpc) is 3.26. The standard InChI is InChI=1S/C14H13FN6O2S/c15-14(7-23-8-14)6-21-4-10(3-18-21)19-12(22)11-5-24-13(20-11)9-1-16-17-2-9/h1-5H,6-8H2,(H,16,17)(H,19,22). The van der Waals surface area contributed by atoms with E-state index in [0.29, 0.717) is 16.4 Å². The summed E-state index contributed by atoms with van der Waals surface area (Å²) in [7, 11) is 0. The van der Waals surface area contributed by atoms with Gasteiger partial charge in [-0.05, 0) is 0 Å². The largest absolute Gasteiger partial charge is 0.374 e. The molecule has 2 N–H and O–H groups in total. The molecule has 1 aliphatic rings. The summed E-state index contributed by atoms with van der Waals surface area (Å²) in [5.74, 6) is -0.345. The Morgan fingerprint density at radius 1 is 1.50 bits per heavy atom. The lowest BCUT2D eigenvalue weighted by Gasteiger charge is -2.33. The van der Waals surface area contributed by atoms with Crippen molar-refractivity contribution in [3.8, 4) is 10.6 Å². The Morgan fingerprint density at radius 3 is 3.08 bits per heavy atom. The van der Waals surface area contributed by atoms with E-state index in [-0.39, 0.29) is 25.7 Å². The molecule has 0 radical (unpaired) electrons. The van der Waals surface area contributed by atoms with Crippen LogP contribution < -0.4 is 5.32 Å². The lowest BCUT2D eigenvalue weighted by atomic mass is 10.1. The third-order valence-corrected chi connectivity index (χ3v) is 4.43. The van der Waals surface area contributed by atoms with Crippen molar-refractivity contribution in [1.82, 2.24) is 25.0 Å². The number of nitrogens with one attached hydrogen (secondary N) is 2. The molecular weight excluding hydrogens is 335 g/mol. The number of carbonyl (C=O) groups is 1. The number of ether oxygens (including phenoxy) is 1. The molecule has 8 nitrogen and oxygen atoms in total. The summed E-state index contributed by atoms with van der Waals surface area (Å²) in [6.07, 6.45) is 6.41. The van der Waals surface area contributed by atoms with Gasteiger partial charge in [0.05, 0.1) is 37.8 Å². The van der Waals surface area contributed by atoms with Gasteiger partial charge < -0.3 is 10.1 Å². The van der Waals surface area contributed by atoms with Gasteiger partial charge in [0.1, 0.15) is 10.7 Å². The summed E-state index contributed by atoms with van der Waals surface area (Å²) in [5, 5.41) is 15.7. The Kier molecular flexibility index (Phi) is 3.62. The summed E-state index contributed by atoms with van der Waals surface area (Å²) in [4.78, 5) is 16.5. The Labute approximate surface area is 139 Å². The number of thiazole rings is 1. The zero-order valence-electron chi connectivity index (χ0n) is 12.4. The zero-order chi connectivity index (χ0) is 16.6. The molecule has 1 amide bonds. The summed E-state index contributed by atoms with van der Waals surface area (Å²) in [6.45, 7) is 0.249. The van der Waals surface area contributed by atoms with Crippen molar-refractivity contribution in [3.05, 3.63) is 35.9 Å². The number of aromatic amines is 1. The Balaban J connectivity index is 1.42. The number of H-pyrrole nitrogens is 1. The molecule has 3 aromatic heterocycles. The molecule has 0 aliphatic carbocycles. The van der Waals surface area contributed by atoms with Gasteiger partial charge in [-0.15, -0.1) is 11.3 Å². The molecule has 4 rings (SSSR count). The minimum Gasteiger partial charge on any atom is -0.374 e. The van der Waals surface area contributed by atoms with E-state index in [1.807, 2.05) is 0 Å². The number of alkyl halides is 1. The van der Waals surface area contributed by atoms with Gasteiger partial charge >= 0.3 is 0 Å². The first-order valence-corrected chi connectivity index (χ1v) is 8.04. The highest BCUT2D eigenvalue weighted by Gasteiger charge is 2.39. The maximum Gasteiger partial charge on any atom is 0.275 e. The second-order valence-electron chi connectivity index (χ2n) is 5.55. The van der Waals surface area contributed by atoms with E-state index in [4.69, 9.17) is 4.74 Å². The van der Waals surface area contributed by atoms with Crippen molar-refractivity contribution >= 4 is 22.9 Å². The highest BCUT2D eigenvalue weighted by Crippen LogP contribution is 2.25. The van der Waals surface area contributed by atoms with E-state index in [1.54, 1.807) is 24.0 Å². The number of nitrogens with zero attached hydrogens (tertiary/aromatic N) is 4. The molecule has 0 bridgehead atoms. The van der Waals surface area contributed by atoms with Crippen molar-refractivity contribution in [3.63, 3.8) is 0 Å². The molecule has 124 valence electrons. The Hall–Kier alpha value is -2.59. The smallest absolute Gasteiger partial charge is 0.275 e. The maximum atomic E-state index is 14.0. The molecule has 0 spiro atoms. The summed E-state index contributed by atoms with van der Waals surface area (Å²) >= 11 is 1.35. The molecule has 4 heterocycles. The van der Waals surface area contributed by atoms with Gasteiger partial charge in [-0.25, -0.2) is 9.37 Å². The molecule has 0 unspecified atom stereocenters. The van der Waals surface area contributed by atoms with Crippen LogP contribution in [0.3, 0.4) is 0 Å². The number of rotatable bonds is 5. The number of hydrogen-bond donors (Lipinski definition) is 2. The fourth-order valence-corrected chi connectivity index (χ4v) is 3.08. The lowest BCUT2D eigenvalue weighted by molar-refractivity contribution is -0.138. The van der Waals surface area contributed by atoms with Crippen LogP contribution in [0.25, 0.3) is 10.6 Å². The van der Waals surface area contributed by atoms with E-state index >= 15 is 0 Å². The SMILES string of the molecule is O=C(Nc1cnn(CC2(F)COC2)c1)c1csc(-c2cn[nH]c2)n1. The lowest BCUT2D eigenvalue weighted by Crippen LogP contribution is -2.48. The van der Waals surface area contributed by atoms with Crippen LogP contribution in [0.4, 0.5) is 10.1 Å². The summed E-state index contributed by atoms with van der Waals surface area (Å²) in [6, 6.07) is 0. The predicted molar refractivity (Wildman–Crippen MR) is 84.5 cm³/mol. The third-order valence-electron chi connectivity index (χ3n) is 3.54. The van der Waals surface area contributed by atoms with E-state index in [2.05, 4.69) is 25.6 Å². The normalized spacial score (nSPS) is 15.9. The highest BCUT2D eigenvalue weighted by molar-refractivity contribution is 7.13. The van der Waals surface area contributed by atoms with Crippen LogP contribution in [-0.2, 0) is 11.3 Å². The number of halogens is 1. The first-order chi connectivity index (χ1) is 11.6. The molecule has 1 aliphatic heterocycles. The van der Waals surface area contributed by atoms with Crippen molar-refractivity contribution in [2.45, 2.75) is 12.2 Å². The number of aromatic nitrogens is 5. The first kappa shape index (κ1) is 15.0. The molecule has 3 aromatic rings. The molecular formula is C14H13FN6O2S. The van der Waals surface area contributed by atoms with Crippen molar-refractivity contribution in [1.29, 1.82) is 0 Å². The van der Waals surface area contributed by atoms with Gasteiger partial charge in [0.15, 0.2) is 5.67 Å². The maximum absolute atomic E-state index is 14.0. The monoisotopic (exact) mass is 348 g/mol. The van der Waals surface area contributed by atoms with E-state index in [0.717, 1.165) is 5.56 Å². The average molecular weight is 348 g/mol. The first-order valence-electron chi connectivity index (χ1n) is 7.16. The fourth-order valence-electron chi connectivity index (χ4n) is 2.29. The van der Waals surface area contributed by atoms with Gasteiger partial charge in [-0.3, -0.25) is 14.6 Å². The molecule has 10 heteroatoms. The molecule has 1 fully saturated rings. The van der Waals surface area contributed by atoms with Crippen LogP contribution >= 0.6 is 11.3 Å². The molecule has 0 atom stereocenters. The van der Waals surface area contributed by atoms with Crippen LogP contribution in [0, 0.1) is 0 Å². The third kappa shape index (κ3) is 2.93. The quantitative estimate of drug-likeness (QED) is 0.732. The van der Waals surface area contributed by atoms with Crippen molar-refractivity contribution in [2.24, 2.45) is 0 Å². The van der Waals surface area contributed by atoms with Gasteiger partial charge in [0.2, 0.25) is 0 Å². The number of hydrogen-bond acceptors (Lipinski definition) is 6. The van der Waals surface area contributed by atoms with Crippen molar-refractivity contribution < 1.29 is 13.9 Å². The van der Waals surface area contributed by atoms with E-state index in [1.165, 1.54) is 22.2 Å². The molecule has 0 saturated carbocycles. The summed E-state index contributed by atoms with van der Waals surface area (Å²) < 4.78 is 20.3. The van der Waals surface area contributed by atoms with E-state index in [9.17, 15) is 9.18 Å². The van der Waals surface area contributed by atoms with Crippen LogP contribution in [0.5, 0.6) is 0 Å². The van der Waals surface area contributed by atoms with Crippen LogP contribution in [0.15, 0.2) is 30.2 Å². The molecule has 0 aromatic carbocycles. The second-order valence-corrected chi connectivity index (χ2v) is 6.41. The molecule has 1 saturated heterocycles. The van der Waals surface area contributed by atoms with Gasteiger partial charge in [-0.2, -0.15) is 10.2 Å². The summed E-state index contributed by atoms with van der Waals surface area (Å²) in [5.41, 5.74) is 0.240. The van der Waals surface area contributed by atoms with Gasteiger partial charge in [0.25, 0.3) is 5.91 Å². The number of anilines is 1. The Morgan fingerprint density at radius 2 is 2.38 bits per heavy atom. The minimum absolute atomic E-state index is 0.0736. The van der Waals surface area contributed by atoms with Crippen LogP contribution in [0.2, 0.25) is 0 Å². The number of carbonyl (C=O) groups excluding carboxylic acids is 1. The minimum atomic E-state index is -1.37. The van der Waals surface area contributed by atoms with Gasteiger partial charge in [-0.1, -0.05) is 0 Å². The highest BCUT2D eigenvalue weighted by atomic mass is 32.1. The fraction of sp³-hybridized carbons (Fsp3) is 0.286. The predicted octanol–water partition coefficient (Wildman–Crippen LogP) is 1.72. The molecule has 24 heavy (non-hydrogen) atoms.